The minimum absolute atomic E-state index is 0.148. The Morgan fingerprint density at radius 2 is 2.29 bits per heavy atom. The van der Waals surface area contributed by atoms with Crippen LogP contribution in [-0.2, 0) is 9.53 Å². The molecule has 4 nitrogen and oxygen atoms in total. The fourth-order valence-corrected chi connectivity index (χ4v) is 1.38. The zero-order valence-electron chi connectivity index (χ0n) is 9.06. The summed E-state index contributed by atoms with van der Waals surface area (Å²) in [5.74, 6) is -0.148. The van der Waals surface area contributed by atoms with Crippen LogP contribution in [0.15, 0.2) is 12.4 Å². The maximum absolute atomic E-state index is 11.4. The Morgan fingerprint density at radius 1 is 1.57 bits per heavy atom. The first-order valence-electron chi connectivity index (χ1n) is 4.83. The zero-order chi connectivity index (χ0) is 10.6. The lowest BCUT2D eigenvalue weighted by Crippen LogP contribution is -2.41. The van der Waals surface area contributed by atoms with Crippen LogP contribution in [-0.4, -0.2) is 48.6 Å². The molecule has 78 valence electrons. The van der Waals surface area contributed by atoms with Gasteiger partial charge in [-0.05, 0) is 6.42 Å². The van der Waals surface area contributed by atoms with Crippen LogP contribution >= 0.6 is 0 Å². The number of likely N-dealkylation sites (N-methyl/N-ethyl adjacent to an activating group) is 1. The first-order valence-corrected chi connectivity index (χ1v) is 4.83. The molecule has 1 heterocycles. The highest BCUT2D eigenvalue weighted by Gasteiger charge is 2.30. The van der Waals surface area contributed by atoms with Crippen molar-refractivity contribution in [2.75, 3.05) is 27.2 Å². The third-order valence-corrected chi connectivity index (χ3v) is 2.03. The van der Waals surface area contributed by atoms with Gasteiger partial charge in [-0.25, -0.2) is 9.28 Å². The average molecular weight is 198 g/mol. The summed E-state index contributed by atoms with van der Waals surface area (Å²) < 4.78 is 7.45. The molecule has 1 atom stereocenters. The van der Waals surface area contributed by atoms with Gasteiger partial charge in [0, 0.05) is 0 Å². The van der Waals surface area contributed by atoms with Crippen molar-refractivity contribution in [2.45, 2.75) is 13.3 Å². The number of esters is 1. The van der Waals surface area contributed by atoms with E-state index in [1.54, 1.807) is 0 Å². The molecule has 0 bridgehead atoms. The number of carbonyl (C=O) groups excluding carboxylic acids is 1. The highest BCUT2D eigenvalue weighted by Crippen LogP contribution is 2.06. The van der Waals surface area contributed by atoms with E-state index in [0.29, 0.717) is 17.6 Å². The molecule has 0 saturated carbocycles. The second-order valence-corrected chi connectivity index (χ2v) is 3.80. The third-order valence-electron chi connectivity index (χ3n) is 2.03. The van der Waals surface area contributed by atoms with Crippen LogP contribution in [0.25, 0.3) is 0 Å². The molecule has 1 aliphatic heterocycles. The number of carbonyl (C=O) groups is 1. The van der Waals surface area contributed by atoms with Crippen molar-refractivity contribution < 1.29 is 18.6 Å². The maximum atomic E-state index is 11.4. The van der Waals surface area contributed by atoms with E-state index >= 15 is 0 Å². The number of ether oxygens (including phenoxy) is 1. The molecule has 4 heteroatoms. The van der Waals surface area contributed by atoms with Crippen molar-refractivity contribution in [1.82, 2.24) is 0 Å². The third kappa shape index (κ3) is 2.96. The van der Waals surface area contributed by atoms with Gasteiger partial charge in [0.15, 0.2) is 12.7 Å². The van der Waals surface area contributed by atoms with Crippen molar-refractivity contribution in [3.05, 3.63) is 12.4 Å². The van der Waals surface area contributed by atoms with E-state index < -0.39 is 0 Å². The minimum atomic E-state index is -0.148. The van der Waals surface area contributed by atoms with Gasteiger partial charge >= 0.3 is 12.3 Å². The first-order chi connectivity index (χ1) is 6.56. The van der Waals surface area contributed by atoms with Gasteiger partial charge in [-0.2, -0.15) is 4.58 Å². The molecule has 0 aromatic rings. The quantitative estimate of drug-likeness (QED) is 0.375. The van der Waals surface area contributed by atoms with Crippen molar-refractivity contribution in [1.29, 1.82) is 0 Å². The molecule has 0 amide bonds. The minimum Gasteiger partial charge on any atom is -0.462 e. The SMILES string of the molecule is CCCOC(=O)C[N+]1(C)C=C[N+](C)=C1. The Balaban J connectivity index is 2.45. The summed E-state index contributed by atoms with van der Waals surface area (Å²) in [5, 5.41) is 0. The lowest BCUT2D eigenvalue weighted by Gasteiger charge is -2.16. The fraction of sp³-hybridized carbons (Fsp3) is 0.600. The summed E-state index contributed by atoms with van der Waals surface area (Å²) in [5.41, 5.74) is 0. The summed E-state index contributed by atoms with van der Waals surface area (Å²) >= 11 is 0. The van der Waals surface area contributed by atoms with E-state index in [0.717, 1.165) is 6.42 Å². The van der Waals surface area contributed by atoms with Gasteiger partial charge in [-0.3, -0.25) is 0 Å². The molecule has 0 saturated heterocycles. The van der Waals surface area contributed by atoms with Crippen molar-refractivity contribution in [3.8, 4) is 0 Å². The molecule has 0 fully saturated rings. The van der Waals surface area contributed by atoms with Crippen LogP contribution in [0.5, 0.6) is 0 Å². The normalized spacial score (nSPS) is 24.9. The Hall–Kier alpha value is -1.16. The number of hydrogen-bond acceptors (Lipinski definition) is 2. The molecule has 0 spiro atoms. The highest BCUT2D eigenvalue weighted by molar-refractivity contribution is 5.72. The Labute approximate surface area is 84.7 Å². The highest BCUT2D eigenvalue weighted by atomic mass is 16.5. The standard InChI is InChI=1S/C10H18N2O2/c1-4-7-14-10(13)8-12(3)6-5-11(2)9-12/h5-6,9H,4,7-8H2,1-3H3/q+2. The van der Waals surface area contributed by atoms with Crippen LogP contribution in [0, 0.1) is 0 Å². The van der Waals surface area contributed by atoms with Gasteiger partial charge in [0.05, 0.1) is 13.7 Å². The molecule has 1 unspecified atom stereocenters. The van der Waals surface area contributed by atoms with Crippen LogP contribution in [0.1, 0.15) is 13.3 Å². The summed E-state index contributed by atoms with van der Waals surface area (Å²) in [6.45, 7) is 2.86. The van der Waals surface area contributed by atoms with Gasteiger partial charge in [-0.1, -0.05) is 6.92 Å². The Bertz CT molecular complexity index is 284. The summed E-state index contributed by atoms with van der Waals surface area (Å²) in [6.07, 6.45) is 6.74. The van der Waals surface area contributed by atoms with Crippen LogP contribution in [0.4, 0.5) is 0 Å². The van der Waals surface area contributed by atoms with E-state index in [1.807, 2.05) is 44.3 Å². The topological polar surface area (TPSA) is 29.3 Å². The smallest absolute Gasteiger partial charge is 0.362 e. The van der Waals surface area contributed by atoms with E-state index in [1.165, 1.54) is 0 Å². The second-order valence-electron chi connectivity index (χ2n) is 3.80. The number of nitrogens with zero attached hydrogens (tertiary/aromatic N) is 2. The molecular formula is C10H18N2O2+2. The molecule has 0 aromatic heterocycles. The predicted molar refractivity (Wildman–Crippen MR) is 53.7 cm³/mol. The summed E-state index contributed by atoms with van der Waals surface area (Å²) in [7, 11) is 3.91. The van der Waals surface area contributed by atoms with E-state index in [4.69, 9.17) is 4.74 Å². The molecule has 1 aliphatic rings. The average Bonchev–Trinajstić information content (AvgIpc) is 2.42. The molecule has 1 rings (SSSR count). The molecule has 0 N–H and O–H groups in total. The lowest BCUT2D eigenvalue weighted by molar-refractivity contribution is -0.759. The van der Waals surface area contributed by atoms with Crippen molar-refractivity contribution in [3.63, 3.8) is 0 Å². The number of hydrogen-bond donors (Lipinski definition) is 0. The van der Waals surface area contributed by atoms with Crippen LogP contribution in [0.2, 0.25) is 0 Å². The van der Waals surface area contributed by atoms with E-state index in [9.17, 15) is 4.79 Å². The Morgan fingerprint density at radius 3 is 2.79 bits per heavy atom. The second kappa shape index (κ2) is 4.37. The fourth-order valence-electron chi connectivity index (χ4n) is 1.38. The molecular weight excluding hydrogens is 180 g/mol. The molecule has 0 aromatic carbocycles. The van der Waals surface area contributed by atoms with Gasteiger partial charge in [-0.15, -0.1) is 0 Å². The largest absolute Gasteiger partial charge is 0.462 e. The van der Waals surface area contributed by atoms with Gasteiger partial charge < -0.3 is 4.74 Å². The molecule has 0 radical (unpaired) electrons. The predicted octanol–water partition coefficient (Wildman–Crippen LogP) is 0.542. The number of rotatable bonds is 4. The molecule has 0 aliphatic carbocycles. The van der Waals surface area contributed by atoms with E-state index in [2.05, 4.69) is 0 Å². The zero-order valence-corrected chi connectivity index (χ0v) is 9.06. The van der Waals surface area contributed by atoms with Crippen LogP contribution in [0.3, 0.4) is 0 Å². The Kier molecular flexibility index (Phi) is 3.41. The number of quaternary nitrogens is 1. The van der Waals surface area contributed by atoms with Gasteiger partial charge in [0.1, 0.15) is 7.05 Å². The summed E-state index contributed by atoms with van der Waals surface area (Å²) in [4.78, 5) is 11.4. The van der Waals surface area contributed by atoms with Crippen molar-refractivity contribution in [2.24, 2.45) is 0 Å². The van der Waals surface area contributed by atoms with Crippen LogP contribution < -0.4 is 0 Å². The molecule has 14 heavy (non-hydrogen) atoms. The van der Waals surface area contributed by atoms with Gasteiger partial charge in [0.25, 0.3) is 0 Å². The monoisotopic (exact) mass is 198 g/mol. The van der Waals surface area contributed by atoms with Gasteiger partial charge in [0.2, 0.25) is 6.20 Å². The maximum Gasteiger partial charge on any atom is 0.362 e. The van der Waals surface area contributed by atoms with Crippen molar-refractivity contribution >= 4 is 12.3 Å². The lowest BCUT2D eigenvalue weighted by atomic mass is 10.5. The van der Waals surface area contributed by atoms with E-state index in [-0.39, 0.29) is 5.97 Å². The summed E-state index contributed by atoms with van der Waals surface area (Å²) in [6, 6.07) is 0. The first kappa shape index (κ1) is 10.9.